The quantitative estimate of drug-likeness (QED) is 0.182. The van der Waals surface area contributed by atoms with E-state index in [1.54, 1.807) is 13.1 Å². The number of benzene rings is 3. The van der Waals surface area contributed by atoms with E-state index in [1.807, 2.05) is 50.2 Å². The van der Waals surface area contributed by atoms with Crippen LogP contribution in [0, 0.1) is 34.6 Å². The molecule has 236 valence electrons. The Morgan fingerprint density at radius 3 is 2.40 bits per heavy atom. The van der Waals surface area contributed by atoms with Crippen LogP contribution in [0.2, 0.25) is 0 Å². The fraction of sp³-hybridized carbons (Fsp3) is 0.378. The molecule has 45 heavy (non-hydrogen) atoms. The zero-order chi connectivity index (χ0) is 31.9. The van der Waals surface area contributed by atoms with Gasteiger partial charge in [0.1, 0.15) is 5.75 Å². The van der Waals surface area contributed by atoms with Gasteiger partial charge in [-0.3, -0.25) is 4.90 Å². The number of aromatic nitrogens is 2. The molecule has 0 unspecified atom stereocenters. The van der Waals surface area contributed by atoms with Crippen molar-refractivity contribution in [3.05, 3.63) is 88.5 Å². The number of nitrogens with one attached hydrogen (secondary N) is 1. The van der Waals surface area contributed by atoms with E-state index < -0.39 is 6.09 Å². The number of carbonyl (C=O) groups excluding carboxylic acids is 1. The van der Waals surface area contributed by atoms with Crippen molar-refractivity contribution >= 4 is 23.4 Å². The van der Waals surface area contributed by atoms with Gasteiger partial charge in [0.05, 0.1) is 12.3 Å². The second kappa shape index (κ2) is 14.6. The molecule has 1 aliphatic heterocycles. The van der Waals surface area contributed by atoms with Gasteiger partial charge >= 0.3 is 6.09 Å². The zero-order valence-electron chi connectivity index (χ0n) is 27.4. The summed E-state index contributed by atoms with van der Waals surface area (Å²) in [5, 5.41) is 3.32. The summed E-state index contributed by atoms with van der Waals surface area (Å²) in [5.41, 5.74) is 8.80. The molecule has 1 aromatic heterocycles. The predicted molar refractivity (Wildman–Crippen MR) is 182 cm³/mol. The Hall–Kier alpha value is -4.43. The first-order valence-corrected chi connectivity index (χ1v) is 15.9. The number of carbonyl (C=O) groups is 1. The highest BCUT2D eigenvalue weighted by Gasteiger charge is 2.18. The minimum absolute atomic E-state index is 0.159. The Kier molecular flexibility index (Phi) is 10.4. The summed E-state index contributed by atoms with van der Waals surface area (Å²) >= 11 is 0. The molecule has 0 bridgehead atoms. The van der Waals surface area contributed by atoms with Crippen molar-refractivity contribution in [2.24, 2.45) is 0 Å². The van der Waals surface area contributed by atoms with Gasteiger partial charge in [0, 0.05) is 42.7 Å². The van der Waals surface area contributed by atoms with Crippen molar-refractivity contribution in [2.45, 2.75) is 60.3 Å². The topological polar surface area (TPSA) is 79.8 Å². The monoisotopic (exact) mass is 607 g/mol. The third-order valence-corrected chi connectivity index (χ3v) is 8.52. The number of anilines is 3. The zero-order valence-corrected chi connectivity index (χ0v) is 27.4. The molecule has 0 spiro atoms. The summed E-state index contributed by atoms with van der Waals surface area (Å²) in [5.74, 6) is 1.26. The van der Waals surface area contributed by atoms with Crippen molar-refractivity contribution in [1.29, 1.82) is 0 Å². The molecule has 5 rings (SSSR count). The molecular formula is C37H45N5O3. The summed E-state index contributed by atoms with van der Waals surface area (Å²) in [4.78, 5) is 26.7. The van der Waals surface area contributed by atoms with Crippen molar-refractivity contribution in [2.75, 3.05) is 43.5 Å². The Balaban J connectivity index is 1.36. The summed E-state index contributed by atoms with van der Waals surface area (Å²) in [6.45, 7) is 14.4. The molecule has 1 fully saturated rings. The van der Waals surface area contributed by atoms with E-state index in [-0.39, 0.29) is 5.88 Å². The first-order chi connectivity index (χ1) is 21.7. The van der Waals surface area contributed by atoms with E-state index in [1.165, 1.54) is 48.4 Å². The van der Waals surface area contributed by atoms with Crippen LogP contribution in [0.25, 0.3) is 11.3 Å². The lowest BCUT2D eigenvalue weighted by atomic mass is 9.97. The van der Waals surface area contributed by atoms with Crippen molar-refractivity contribution in [3.63, 3.8) is 0 Å². The van der Waals surface area contributed by atoms with E-state index in [9.17, 15) is 4.79 Å². The average molecular weight is 608 g/mol. The normalized spacial score (nSPS) is 13.4. The molecule has 0 aliphatic carbocycles. The lowest BCUT2D eigenvalue weighted by Gasteiger charge is -2.26. The fourth-order valence-corrected chi connectivity index (χ4v) is 5.77. The highest BCUT2D eigenvalue weighted by Crippen LogP contribution is 2.30. The smallest absolute Gasteiger partial charge is 0.420 e. The van der Waals surface area contributed by atoms with Gasteiger partial charge in [-0.25, -0.2) is 9.78 Å². The van der Waals surface area contributed by atoms with Gasteiger partial charge in [-0.05, 0) is 119 Å². The summed E-state index contributed by atoms with van der Waals surface area (Å²) in [7, 11) is 1.70. The third-order valence-electron chi connectivity index (χ3n) is 8.52. The number of amides is 1. The highest BCUT2D eigenvalue weighted by molar-refractivity contribution is 5.88. The van der Waals surface area contributed by atoms with Gasteiger partial charge in [-0.1, -0.05) is 30.7 Å². The van der Waals surface area contributed by atoms with E-state index in [4.69, 9.17) is 14.5 Å². The predicted octanol–water partition coefficient (Wildman–Crippen LogP) is 8.32. The van der Waals surface area contributed by atoms with E-state index in [0.717, 1.165) is 52.3 Å². The maximum absolute atomic E-state index is 13.3. The first kappa shape index (κ1) is 32.0. The van der Waals surface area contributed by atoms with E-state index >= 15 is 0 Å². The van der Waals surface area contributed by atoms with Crippen molar-refractivity contribution in [3.8, 4) is 22.9 Å². The summed E-state index contributed by atoms with van der Waals surface area (Å²) in [6, 6.07) is 19.6. The summed E-state index contributed by atoms with van der Waals surface area (Å²) < 4.78 is 11.9. The second-order valence-electron chi connectivity index (χ2n) is 12.1. The number of rotatable bonds is 10. The Labute approximate surface area is 267 Å². The molecule has 0 atom stereocenters. The van der Waals surface area contributed by atoms with Crippen LogP contribution in [0.15, 0.2) is 60.7 Å². The molecule has 8 nitrogen and oxygen atoms in total. The lowest BCUT2D eigenvalue weighted by Crippen LogP contribution is -2.31. The highest BCUT2D eigenvalue weighted by atomic mass is 16.6. The number of hydrogen-bond donors (Lipinski definition) is 1. The Morgan fingerprint density at radius 2 is 1.64 bits per heavy atom. The number of nitrogens with zero attached hydrogens (tertiary/aromatic N) is 4. The molecule has 3 aromatic carbocycles. The van der Waals surface area contributed by atoms with Gasteiger partial charge in [0.15, 0.2) is 0 Å². The third kappa shape index (κ3) is 8.39. The van der Waals surface area contributed by atoms with Crippen molar-refractivity contribution in [1.82, 2.24) is 14.9 Å². The standard InChI is InChI=1S/C37H45N5O3/c1-25-20-26(2)22-31(21-25)41(6)37(43)45-35-24-34(33-15-14-27(3)28(4)29(33)5)39-36(40-35)38-30-12-10-13-32(23-30)44-19-11-18-42-16-8-7-9-17-42/h10,12-15,20-24H,7-9,11,16-19H2,1-6H3,(H,38,39,40). The number of hydrogen-bond acceptors (Lipinski definition) is 7. The molecule has 0 saturated carbocycles. The van der Waals surface area contributed by atoms with Crippen LogP contribution in [0.3, 0.4) is 0 Å². The van der Waals surface area contributed by atoms with Crippen molar-refractivity contribution < 1.29 is 14.3 Å². The van der Waals surface area contributed by atoms with Gasteiger partial charge < -0.3 is 19.7 Å². The molecular weight excluding hydrogens is 562 g/mol. The lowest BCUT2D eigenvalue weighted by molar-refractivity contribution is 0.205. The number of aryl methyl sites for hydroxylation is 3. The van der Waals surface area contributed by atoms with Crippen LogP contribution in [0.5, 0.6) is 11.6 Å². The number of piperidine rings is 1. The minimum Gasteiger partial charge on any atom is -0.493 e. The van der Waals surface area contributed by atoms with E-state index in [0.29, 0.717) is 18.2 Å². The largest absolute Gasteiger partial charge is 0.493 e. The van der Waals surface area contributed by atoms with Crippen LogP contribution >= 0.6 is 0 Å². The molecule has 1 aliphatic rings. The van der Waals surface area contributed by atoms with Crippen LogP contribution in [-0.2, 0) is 0 Å². The number of ether oxygens (including phenoxy) is 2. The van der Waals surface area contributed by atoms with Gasteiger partial charge in [0.25, 0.3) is 0 Å². The Morgan fingerprint density at radius 1 is 0.889 bits per heavy atom. The first-order valence-electron chi connectivity index (χ1n) is 15.9. The SMILES string of the molecule is Cc1cc(C)cc(N(C)C(=O)Oc2cc(-c3ccc(C)c(C)c3C)nc(Nc3cccc(OCCCN4CCCCC4)c3)n2)c1. The maximum atomic E-state index is 13.3. The molecule has 1 amide bonds. The van der Waals surface area contributed by atoms with E-state index in [2.05, 4.69) is 54.2 Å². The van der Waals surface area contributed by atoms with Gasteiger partial charge in [-0.15, -0.1) is 0 Å². The second-order valence-corrected chi connectivity index (χ2v) is 12.1. The molecule has 1 saturated heterocycles. The maximum Gasteiger partial charge on any atom is 0.420 e. The van der Waals surface area contributed by atoms with Crippen LogP contribution in [-0.4, -0.2) is 54.2 Å². The van der Waals surface area contributed by atoms with Crippen LogP contribution in [0.1, 0.15) is 53.5 Å². The molecule has 8 heteroatoms. The Bertz CT molecular complexity index is 1630. The molecule has 0 radical (unpaired) electrons. The minimum atomic E-state index is -0.535. The summed E-state index contributed by atoms with van der Waals surface area (Å²) in [6.07, 6.45) is 4.39. The van der Waals surface area contributed by atoms with Gasteiger partial charge in [-0.2, -0.15) is 4.98 Å². The molecule has 4 aromatic rings. The van der Waals surface area contributed by atoms with Crippen LogP contribution in [0.4, 0.5) is 22.1 Å². The average Bonchev–Trinajstić information content (AvgIpc) is 3.02. The van der Waals surface area contributed by atoms with Gasteiger partial charge in [0.2, 0.25) is 11.8 Å². The van der Waals surface area contributed by atoms with Crippen LogP contribution < -0.4 is 19.7 Å². The molecule has 1 N–H and O–H groups in total. The molecule has 2 heterocycles. The number of likely N-dealkylation sites (tertiary alicyclic amines) is 1. The fourth-order valence-electron chi connectivity index (χ4n) is 5.77.